The molecule has 1 N–H and O–H groups in total. The topological polar surface area (TPSA) is 44.9 Å². The van der Waals surface area contributed by atoms with Crippen molar-refractivity contribution in [1.29, 1.82) is 0 Å². The molecule has 0 radical (unpaired) electrons. The molecule has 0 saturated heterocycles. The van der Waals surface area contributed by atoms with Crippen molar-refractivity contribution in [3.63, 3.8) is 0 Å². The summed E-state index contributed by atoms with van der Waals surface area (Å²) >= 11 is 2.28. The fraction of sp³-hybridized carbons (Fsp3) is 0.125. The number of benzene rings is 1. The quantitative estimate of drug-likeness (QED) is 0.411. The molecule has 0 atom stereocenters. The van der Waals surface area contributed by atoms with E-state index in [1.807, 2.05) is 67.3 Å². The van der Waals surface area contributed by atoms with Crippen molar-refractivity contribution in [3.8, 4) is 0 Å². The van der Waals surface area contributed by atoms with Crippen LogP contribution in [-0.2, 0) is 0 Å². The lowest BCUT2D eigenvalue weighted by atomic mass is 10.3. The largest absolute Gasteiger partial charge is 0.378 e. The van der Waals surface area contributed by atoms with E-state index < -0.39 is 0 Å². The van der Waals surface area contributed by atoms with Crippen molar-refractivity contribution in [2.24, 2.45) is 5.10 Å². The summed E-state index contributed by atoms with van der Waals surface area (Å²) in [6.45, 7) is 0. The van der Waals surface area contributed by atoms with Gasteiger partial charge in [-0.15, -0.1) is 0 Å². The van der Waals surface area contributed by atoms with Crippen LogP contribution in [0.1, 0.15) is 5.69 Å². The third-order valence-corrected chi connectivity index (χ3v) is 3.85. The number of imidazole rings is 1. The maximum Gasteiger partial charge on any atom is 0.137 e. The van der Waals surface area contributed by atoms with Crippen molar-refractivity contribution in [3.05, 3.63) is 58.1 Å². The first kappa shape index (κ1) is 14.8. The Morgan fingerprint density at radius 1 is 1.14 bits per heavy atom. The van der Waals surface area contributed by atoms with Crippen LogP contribution < -0.4 is 10.3 Å². The SMILES string of the molecule is CN(C)c1ccc(N/N=C/c2cn3cc(I)ccc3n2)cc1. The number of fused-ring (bicyclic) bond motifs is 1. The van der Waals surface area contributed by atoms with E-state index >= 15 is 0 Å². The van der Waals surface area contributed by atoms with Crippen LogP contribution in [0.2, 0.25) is 0 Å². The molecule has 0 bridgehead atoms. The Kier molecular flexibility index (Phi) is 4.28. The summed E-state index contributed by atoms with van der Waals surface area (Å²) in [7, 11) is 4.04. The second kappa shape index (κ2) is 6.35. The lowest BCUT2D eigenvalue weighted by Crippen LogP contribution is -2.08. The molecule has 1 aromatic carbocycles. The molecule has 5 nitrogen and oxygen atoms in total. The highest BCUT2D eigenvalue weighted by molar-refractivity contribution is 14.1. The van der Waals surface area contributed by atoms with Gasteiger partial charge in [-0.25, -0.2) is 4.98 Å². The van der Waals surface area contributed by atoms with Gasteiger partial charge in [0.05, 0.1) is 11.9 Å². The zero-order valence-corrected chi connectivity index (χ0v) is 14.5. The second-order valence-corrected chi connectivity index (χ2v) is 6.34. The van der Waals surface area contributed by atoms with E-state index in [0.717, 1.165) is 22.7 Å². The number of hydrogen-bond acceptors (Lipinski definition) is 4. The summed E-state index contributed by atoms with van der Waals surface area (Å²) in [6, 6.07) is 12.1. The lowest BCUT2D eigenvalue weighted by Gasteiger charge is -2.12. The fourth-order valence-electron chi connectivity index (χ4n) is 2.05. The van der Waals surface area contributed by atoms with E-state index in [4.69, 9.17) is 0 Å². The first-order valence-electron chi connectivity index (χ1n) is 6.82. The molecule has 0 aliphatic carbocycles. The molecule has 0 amide bonds. The Balaban J connectivity index is 1.70. The maximum absolute atomic E-state index is 4.49. The van der Waals surface area contributed by atoms with Crippen molar-refractivity contribution < 1.29 is 0 Å². The van der Waals surface area contributed by atoms with Crippen LogP contribution >= 0.6 is 22.6 Å². The molecule has 2 heterocycles. The molecule has 0 fully saturated rings. The van der Waals surface area contributed by atoms with Gasteiger partial charge >= 0.3 is 0 Å². The van der Waals surface area contributed by atoms with Crippen LogP contribution in [-0.4, -0.2) is 29.7 Å². The molecule has 0 spiro atoms. The number of hydrogen-bond donors (Lipinski definition) is 1. The molecule has 3 aromatic rings. The normalized spacial score (nSPS) is 11.2. The van der Waals surface area contributed by atoms with E-state index in [1.54, 1.807) is 6.21 Å². The average Bonchev–Trinajstić information content (AvgIpc) is 2.89. The van der Waals surface area contributed by atoms with Crippen LogP contribution in [0, 0.1) is 3.57 Å². The van der Waals surface area contributed by atoms with Gasteiger partial charge in [-0.05, 0) is 59.0 Å². The van der Waals surface area contributed by atoms with Gasteiger partial charge < -0.3 is 9.30 Å². The Bertz CT molecular complexity index is 805. The Morgan fingerprint density at radius 2 is 1.91 bits per heavy atom. The minimum Gasteiger partial charge on any atom is -0.378 e. The van der Waals surface area contributed by atoms with Gasteiger partial charge in [0, 0.05) is 35.7 Å². The summed E-state index contributed by atoms with van der Waals surface area (Å²) in [6.07, 6.45) is 5.71. The Morgan fingerprint density at radius 3 is 2.64 bits per heavy atom. The van der Waals surface area contributed by atoms with Crippen LogP contribution in [0.3, 0.4) is 0 Å². The standard InChI is InChI=1S/C16H16IN5/c1-21(2)15-6-4-13(5-7-15)20-18-9-14-11-22-10-12(17)3-8-16(22)19-14/h3-11,20H,1-2H3/b18-9+. The molecule has 0 aliphatic heterocycles. The van der Waals surface area contributed by atoms with Crippen molar-refractivity contribution in [2.75, 3.05) is 24.4 Å². The number of nitrogens with one attached hydrogen (secondary N) is 1. The van der Waals surface area contributed by atoms with Gasteiger partial charge in [0.2, 0.25) is 0 Å². The van der Waals surface area contributed by atoms with Gasteiger partial charge in [-0.3, -0.25) is 5.43 Å². The highest BCUT2D eigenvalue weighted by Crippen LogP contribution is 2.15. The average molecular weight is 405 g/mol. The minimum absolute atomic E-state index is 0.819. The first-order chi connectivity index (χ1) is 10.6. The van der Waals surface area contributed by atoms with Gasteiger partial charge in [-0.2, -0.15) is 5.10 Å². The lowest BCUT2D eigenvalue weighted by molar-refractivity contribution is 1.13. The monoisotopic (exact) mass is 405 g/mol. The van der Waals surface area contributed by atoms with E-state index in [-0.39, 0.29) is 0 Å². The predicted molar refractivity (Wildman–Crippen MR) is 99.9 cm³/mol. The van der Waals surface area contributed by atoms with E-state index in [1.165, 1.54) is 3.57 Å². The van der Waals surface area contributed by atoms with Crippen LogP contribution in [0.15, 0.2) is 53.9 Å². The number of halogens is 1. The molecule has 0 aliphatic rings. The molecule has 22 heavy (non-hydrogen) atoms. The summed E-state index contributed by atoms with van der Waals surface area (Å²) in [5.41, 5.74) is 6.85. The van der Waals surface area contributed by atoms with Gasteiger partial charge in [0.1, 0.15) is 11.3 Å². The smallest absolute Gasteiger partial charge is 0.137 e. The number of rotatable bonds is 4. The van der Waals surface area contributed by atoms with Gasteiger partial charge in [0.25, 0.3) is 0 Å². The molecule has 6 heteroatoms. The maximum atomic E-state index is 4.49. The highest BCUT2D eigenvalue weighted by Gasteiger charge is 1.99. The molecule has 3 rings (SSSR count). The number of pyridine rings is 1. The van der Waals surface area contributed by atoms with Crippen molar-refractivity contribution in [2.45, 2.75) is 0 Å². The van der Waals surface area contributed by atoms with Gasteiger partial charge in [0.15, 0.2) is 0 Å². The van der Waals surface area contributed by atoms with Crippen molar-refractivity contribution in [1.82, 2.24) is 9.38 Å². The third kappa shape index (κ3) is 3.38. The molecular weight excluding hydrogens is 389 g/mol. The molecule has 0 unspecified atom stereocenters. The zero-order valence-electron chi connectivity index (χ0n) is 12.4. The first-order valence-corrected chi connectivity index (χ1v) is 7.90. The highest BCUT2D eigenvalue weighted by atomic mass is 127. The summed E-state index contributed by atoms with van der Waals surface area (Å²) in [5.74, 6) is 0. The van der Waals surface area contributed by atoms with Crippen molar-refractivity contribution >= 4 is 45.8 Å². The number of aromatic nitrogens is 2. The Labute approximate surface area is 142 Å². The minimum atomic E-state index is 0.819. The fourth-order valence-corrected chi connectivity index (χ4v) is 2.53. The second-order valence-electron chi connectivity index (χ2n) is 5.09. The predicted octanol–water partition coefficient (Wildman–Crippen LogP) is 3.45. The number of nitrogens with zero attached hydrogens (tertiary/aromatic N) is 4. The molecular formula is C16H16IN5. The number of hydrazone groups is 1. The third-order valence-electron chi connectivity index (χ3n) is 3.21. The zero-order chi connectivity index (χ0) is 15.5. The summed E-state index contributed by atoms with van der Waals surface area (Å²) < 4.78 is 3.17. The van der Waals surface area contributed by atoms with Gasteiger partial charge in [-0.1, -0.05) is 0 Å². The Hall–Kier alpha value is -2.09. The van der Waals surface area contributed by atoms with Crippen LogP contribution in [0.4, 0.5) is 11.4 Å². The van der Waals surface area contributed by atoms with Crippen LogP contribution in [0.25, 0.3) is 5.65 Å². The number of anilines is 2. The summed E-state index contributed by atoms with van der Waals surface area (Å²) in [5, 5.41) is 4.24. The molecule has 2 aromatic heterocycles. The molecule has 0 saturated carbocycles. The van der Waals surface area contributed by atoms with E-state index in [2.05, 4.69) is 43.0 Å². The molecule has 112 valence electrons. The van der Waals surface area contributed by atoms with E-state index in [0.29, 0.717) is 0 Å². The van der Waals surface area contributed by atoms with E-state index in [9.17, 15) is 0 Å². The van der Waals surface area contributed by atoms with Crippen LogP contribution in [0.5, 0.6) is 0 Å². The summed E-state index contributed by atoms with van der Waals surface area (Å²) in [4.78, 5) is 6.55.